The fraction of sp³-hybridized carbons (Fsp3) is 0.867. The molecular formula is C45H82O7. The van der Waals surface area contributed by atoms with Gasteiger partial charge in [0.2, 0.25) is 0 Å². The first-order chi connectivity index (χ1) is 25.5. The Morgan fingerprint density at radius 2 is 1.06 bits per heavy atom. The third-order valence-corrected chi connectivity index (χ3v) is 10.4. The second kappa shape index (κ2) is 35.0. The summed E-state index contributed by atoms with van der Waals surface area (Å²) in [7, 11) is 0. The summed E-state index contributed by atoms with van der Waals surface area (Å²) in [5, 5.41) is 9.75. The molecule has 7 nitrogen and oxygen atoms in total. The van der Waals surface area contributed by atoms with Crippen molar-refractivity contribution in [1.82, 2.24) is 0 Å². The number of hydrogen-bond acceptors (Lipinski definition) is 7. The molecule has 1 N–H and O–H groups in total. The normalized spacial score (nSPS) is 15.5. The fourth-order valence-corrected chi connectivity index (χ4v) is 6.81. The Morgan fingerprint density at radius 3 is 1.60 bits per heavy atom. The maximum atomic E-state index is 12.5. The summed E-state index contributed by atoms with van der Waals surface area (Å²) in [6, 6.07) is 0. The third-order valence-electron chi connectivity index (χ3n) is 10.4. The van der Waals surface area contributed by atoms with E-state index in [1.807, 2.05) is 0 Å². The lowest BCUT2D eigenvalue weighted by Crippen LogP contribution is -2.42. The minimum absolute atomic E-state index is 0.0261. The van der Waals surface area contributed by atoms with Crippen LogP contribution in [0.15, 0.2) is 24.3 Å². The number of ether oxygens (including phenoxy) is 4. The quantitative estimate of drug-likeness (QED) is 0.0389. The van der Waals surface area contributed by atoms with E-state index in [1.165, 1.54) is 116 Å². The zero-order valence-corrected chi connectivity index (χ0v) is 34.2. The zero-order chi connectivity index (χ0) is 37.8. The monoisotopic (exact) mass is 735 g/mol. The highest BCUT2D eigenvalue weighted by atomic mass is 16.7. The van der Waals surface area contributed by atoms with Gasteiger partial charge in [0.25, 0.3) is 0 Å². The van der Waals surface area contributed by atoms with Gasteiger partial charge in [-0.1, -0.05) is 154 Å². The van der Waals surface area contributed by atoms with E-state index in [0.29, 0.717) is 26.1 Å². The molecule has 0 aliphatic carbocycles. The average molecular weight is 735 g/mol. The van der Waals surface area contributed by atoms with Crippen molar-refractivity contribution >= 4 is 11.9 Å². The van der Waals surface area contributed by atoms with Gasteiger partial charge in [-0.3, -0.25) is 9.59 Å². The van der Waals surface area contributed by atoms with Crippen LogP contribution in [0.1, 0.15) is 201 Å². The number of rotatable bonds is 36. The van der Waals surface area contributed by atoms with Crippen molar-refractivity contribution in [2.45, 2.75) is 207 Å². The first-order valence-electron chi connectivity index (χ1n) is 21.9. The molecule has 0 aromatic carbocycles. The van der Waals surface area contributed by atoms with Gasteiger partial charge < -0.3 is 24.1 Å². The van der Waals surface area contributed by atoms with Crippen LogP contribution in [0.3, 0.4) is 0 Å². The molecule has 1 saturated heterocycles. The Hall–Kier alpha value is -1.70. The number of esters is 2. The SMILES string of the molecule is CCCCC/C=C\C/C=C\CCCCCCCC(=O)OCC(CO)COC(=O)CCC1OCC(CCCCCCCC)(CCCCCCCC)CO1. The molecule has 1 aliphatic heterocycles. The molecule has 0 radical (unpaired) electrons. The molecule has 304 valence electrons. The molecular weight excluding hydrogens is 652 g/mol. The average Bonchev–Trinajstić information content (AvgIpc) is 3.15. The van der Waals surface area contributed by atoms with Gasteiger partial charge in [0.05, 0.1) is 45.4 Å². The summed E-state index contributed by atoms with van der Waals surface area (Å²) in [4.78, 5) is 24.7. The lowest BCUT2D eigenvalue weighted by molar-refractivity contribution is -0.236. The number of unbranched alkanes of at least 4 members (excludes halogenated alkanes) is 18. The van der Waals surface area contributed by atoms with E-state index in [9.17, 15) is 14.7 Å². The molecule has 0 aromatic rings. The highest BCUT2D eigenvalue weighted by Gasteiger charge is 2.36. The summed E-state index contributed by atoms with van der Waals surface area (Å²) in [5.74, 6) is -1.03. The van der Waals surface area contributed by atoms with Gasteiger partial charge in [-0.05, 0) is 51.4 Å². The van der Waals surface area contributed by atoms with Crippen molar-refractivity contribution in [3.8, 4) is 0 Å². The summed E-state index contributed by atoms with van der Waals surface area (Å²) < 4.78 is 23.2. The van der Waals surface area contributed by atoms with Gasteiger partial charge in [-0.2, -0.15) is 0 Å². The Kier molecular flexibility index (Phi) is 32.6. The lowest BCUT2D eigenvalue weighted by atomic mass is 9.78. The third kappa shape index (κ3) is 27.8. The number of aliphatic hydroxyl groups excluding tert-OH is 1. The molecule has 1 rings (SSSR count). The molecule has 0 aromatic heterocycles. The number of allylic oxidation sites excluding steroid dienone is 4. The summed E-state index contributed by atoms with van der Waals surface area (Å²) in [6.45, 7) is 8.02. The Labute approximate surface area is 320 Å². The first kappa shape index (κ1) is 48.3. The van der Waals surface area contributed by atoms with Crippen LogP contribution < -0.4 is 0 Å². The molecule has 0 saturated carbocycles. The van der Waals surface area contributed by atoms with E-state index in [-0.39, 0.29) is 43.6 Å². The Bertz CT molecular complexity index is 859. The number of carbonyl (C=O) groups is 2. The van der Waals surface area contributed by atoms with Gasteiger partial charge in [0.1, 0.15) is 0 Å². The van der Waals surface area contributed by atoms with Crippen LogP contribution in [-0.2, 0) is 28.5 Å². The van der Waals surface area contributed by atoms with Crippen molar-refractivity contribution in [2.24, 2.45) is 11.3 Å². The minimum atomic E-state index is -0.427. The minimum Gasteiger partial charge on any atom is -0.465 e. The highest BCUT2D eigenvalue weighted by molar-refractivity contribution is 5.69. The summed E-state index contributed by atoms with van der Waals surface area (Å²) >= 11 is 0. The van der Waals surface area contributed by atoms with E-state index in [0.717, 1.165) is 44.9 Å². The molecule has 1 unspecified atom stereocenters. The van der Waals surface area contributed by atoms with E-state index in [1.54, 1.807) is 0 Å². The van der Waals surface area contributed by atoms with Crippen LogP contribution in [0.4, 0.5) is 0 Å². The maximum absolute atomic E-state index is 12.5. The van der Waals surface area contributed by atoms with Crippen molar-refractivity contribution in [1.29, 1.82) is 0 Å². The van der Waals surface area contributed by atoms with Crippen molar-refractivity contribution in [2.75, 3.05) is 33.0 Å². The molecule has 1 atom stereocenters. The van der Waals surface area contributed by atoms with Gasteiger partial charge in [-0.25, -0.2) is 0 Å². The molecule has 0 amide bonds. The van der Waals surface area contributed by atoms with E-state index < -0.39 is 12.2 Å². The van der Waals surface area contributed by atoms with Crippen LogP contribution in [0, 0.1) is 11.3 Å². The number of carbonyl (C=O) groups excluding carboxylic acids is 2. The van der Waals surface area contributed by atoms with E-state index in [4.69, 9.17) is 18.9 Å². The fourth-order valence-electron chi connectivity index (χ4n) is 6.81. The van der Waals surface area contributed by atoms with Crippen molar-refractivity contribution in [3.05, 3.63) is 24.3 Å². The summed E-state index contributed by atoms with van der Waals surface area (Å²) in [5.41, 5.74) is 0.0839. The van der Waals surface area contributed by atoms with Crippen LogP contribution in [0.2, 0.25) is 0 Å². The largest absolute Gasteiger partial charge is 0.465 e. The van der Waals surface area contributed by atoms with Gasteiger partial charge in [0.15, 0.2) is 6.29 Å². The lowest BCUT2D eigenvalue weighted by Gasteiger charge is -2.40. The topological polar surface area (TPSA) is 91.3 Å². The van der Waals surface area contributed by atoms with E-state index >= 15 is 0 Å². The molecule has 0 spiro atoms. The standard InChI is InChI=1S/C45H82O7/c1-4-7-10-13-16-17-18-19-20-21-22-23-24-25-28-31-42(47)49-37-41(36-46)38-50-43(48)32-33-44-51-39-45(40-52-44,34-29-26-14-11-8-5-2)35-30-27-15-12-9-6-3/h16-17,19-20,41,44,46H,4-15,18,21-40H2,1-3H3/b17-16-,20-19-. The smallest absolute Gasteiger partial charge is 0.305 e. The molecule has 7 heteroatoms. The van der Waals surface area contributed by atoms with Gasteiger partial charge in [0, 0.05) is 18.3 Å². The maximum Gasteiger partial charge on any atom is 0.305 e. The van der Waals surface area contributed by atoms with E-state index in [2.05, 4.69) is 45.1 Å². The van der Waals surface area contributed by atoms with Crippen LogP contribution in [0.5, 0.6) is 0 Å². The Morgan fingerprint density at radius 1 is 0.615 bits per heavy atom. The number of aliphatic hydroxyl groups is 1. The molecule has 1 aliphatic rings. The van der Waals surface area contributed by atoms with Crippen LogP contribution in [0.25, 0.3) is 0 Å². The zero-order valence-electron chi connectivity index (χ0n) is 34.2. The second-order valence-corrected chi connectivity index (χ2v) is 15.5. The predicted molar refractivity (Wildman–Crippen MR) is 215 cm³/mol. The Balaban J connectivity index is 2.19. The van der Waals surface area contributed by atoms with Crippen LogP contribution in [-0.4, -0.2) is 56.4 Å². The van der Waals surface area contributed by atoms with Gasteiger partial charge >= 0.3 is 11.9 Å². The summed E-state index contributed by atoms with van der Waals surface area (Å²) in [6.07, 6.45) is 40.0. The molecule has 52 heavy (non-hydrogen) atoms. The number of hydrogen-bond donors (Lipinski definition) is 1. The highest BCUT2D eigenvalue weighted by Crippen LogP contribution is 2.37. The first-order valence-corrected chi connectivity index (χ1v) is 21.9. The molecule has 0 bridgehead atoms. The van der Waals surface area contributed by atoms with Crippen LogP contribution >= 0.6 is 0 Å². The molecule has 1 fully saturated rings. The molecule has 1 heterocycles. The predicted octanol–water partition coefficient (Wildman–Crippen LogP) is 12.1. The van der Waals surface area contributed by atoms with Crippen molar-refractivity contribution in [3.63, 3.8) is 0 Å². The van der Waals surface area contributed by atoms with Gasteiger partial charge in [-0.15, -0.1) is 0 Å². The van der Waals surface area contributed by atoms with Crippen molar-refractivity contribution < 1.29 is 33.6 Å². The second-order valence-electron chi connectivity index (χ2n) is 15.5.